The van der Waals surface area contributed by atoms with Gasteiger partial charge in [-0.1, -0.05) is 41.0 Å². The Morgan fingerprint density at radius 1 is 1.12 bits per heavy atom. The van der Waals surface area contributed by atoms with Crippen molar-refractivity contribution in [1.82, 2.24) is 20.6 Å². The van der Waals surface area contributed by atoms with E-state index in [2.05, 4.69) is 25.9 Å². The van der Waals surface area contributed by atoms with E-state index in [1.165, 1.54) is 0 Å². The monoisotopic (exact) mass is 359 g/mol. The van der Waals surface area contributed by atoms with Crippen LogP contribution in [0.3, 0.4) is 0 Å². The van der Waals surface area contributed by atoms with Gasteiger partial charge in [-0.05, 0) is 35.9 Å². The topological polar surface area (TPSA) is 85.0 Å². The molecule has 0 amide bonds. The number of halogens is 1. The van der Waals surface area contributed by atoms with Gasteiger partial charge in [0.05, 0.1) is 6.61 Å². The summed E-state index contributed by atoms with van der Waals surface area (Å²) in [7, 11) is 0. The molecule has 25 heavy (non-hydrogen) atoms. The third kappa shape index (κ3) is 4.60. The number of rotatable bonds is 8. The van der Waals surface area contributed by atoms with Crippen molar-refractivity contribution in [2.75, 3.05) is 11.9 Å². The largest absolute Gasteiger partial charge is 0.490 e. The molecule has 0 saturated carbocycles. The zero-order valence-electron chi connectivity index (χ0n) is 13.7. The second-order valence-corrected chi connectivity index (χ2v) is 5.62. The molecule has 0 aliphatic carbocycles. The van der Waals surface area contributed by atoms with Crippen LogP contribution in [0.1, 0.15) is 18.1 Å². The quantitative estimate of drug-likeness (QED) is 0.640. The summed E-state index contributed by atoms with van der Waals surface area (Å²) >= 11 is 5.92. The molecule has 0 radical (unpaired) electrons. The fourth-order valence-electron chi connectivity index (χ4n) is 2.28. The minimum absolute atomic E-state index is 0.413. The molecule has 7 nitrogen and oxygen atoms in total. The van der Waals surface area contributed by atoms with E-state index in [-0.39, 0.29) is 0 Å². The van der Waals surface area contributed by atoms with Crippen molar-refractivity contribution in [2.24, 2.45) is 0 Å². The van der Waals surface area contributed by atoms with Crippen LogP contribution in [-0.2, 0) is 13.2 Å². The molecular weight excluding hydrogens is 342 g/mol. The highest BCUT2D eigenvalue weighted by molar-refractivity contribution is 6.30. The second-order valence-electron chi connectivity index (χ2n) is 5.18. The van der Waals surface area contributed by atoms with Gasteiger partial charge in [0.2, 0.25) is 0 Å². The van der Waals surface area contributed by atoms with Crippen LogP contribution in [0.15, 0.2) is 42.5 Å². The Labute approximate surface area is 150 Å². The third-order valence-corrected chi connectivity index (χ3v) is 3.69. The average molecular weight is 360 g/mol. The third-order valence-electron chi connectivity index (χ3n) is 3.44. The number of benzene rings is 2. The first kappa shape index (κ1) is 17.0. The Kier molecular flexibility index (Phi) is 5.69. The summed E-state index contributed by atoms with van der Waals surface area (Å²) in [6.45, 7) is 3.39. The predicted molar refractivity (Wildman–Crippen MR) is 94.9 cm³/mol. The van der Waals surface area contributed by atoms with Crippen LogP contribution in [0, 0.1) is 0 Å². The van der Waals surface area contributed by atoms with E-state index in [9.17, 15) is 0 Å². The fraction of sp³-hybridized carbons (Fsp3) is 0.235. The van der Waals surface area contributed by atoms with E-state index in [0.29, 0.717) is 42.2 Å². The summed E-state index contributed by atoms with van der Waals surface area (Å²) in [5.41, 5.74) is 1.96. The lowest BCUT2D eigenvalue weighted by molar-refractivity contribution is 0.267. The Morgan fingerprint density at radius 2 is 1.96 bits per heavy atom. The molecule has 130 valence electrons. The second kappa shape index (κ2) is 8.34. The van der Waals surface area contributed by atoms with E-state index in [1.807, 2.05) is 49.4 Å². The highest BCUT2D eigenvalue weighted by atomic mass is 35.5. The number of hydrogen-bond acceptors (Lipinski definition) is 6. The van der Waals surface area contributed by atoms with Gasteiger partial charge in [0.25, 0.3) is 5.95 Å². The van der Waals surface area contributed by atoms with E-state index in [0.717, 1.165) is 11.1 Å². The number of para-hydroxylation sites is 1. The minimum Gasteiger partial charge on any atom is -0.490 e. The number of hydrogen-bond donors (Lipinski definition) is 2. The van der Waals surface area contributed by atoms with Gasteiger partial charge in [0, 0.05) is 17.1 Å². The van der Waals surface area contributed by atoms with Crippen molar-refractivity contribution in [3.05, 3.63) is 58.6 Å². The first-order chi connectivity index (χ1) is 12.3. The van der Waals surface area contributed by atoms with Crippen molar-refractivity contribution < 1.29 is 9.47 Å². The number of nitrogens with one attached hydrogen (secondary N) is 2. The Balaban J connectivity index is 1.76. The zero-order chi connectivity index (χ0) is 17.5. The van der Waals surface area contributed by atoms with E-state index >= 15 is 0 Å². The summed E-state index contributed by atoms with van der Waals surface area (Å²) in [4.78, 5) is 0. The highest BCUT2D eigenvalue weighted by Gasteiger charge is 2.12. The number of tetrazole rings is 1. The minimum atomic E-state index is 0.413. The summed E-state index contributed by atoms with van der Waals surface area (Å²) in [5, 5.41) is 17.5. The smallest absolute Gasteiger partial charge is 0.263 e. The van der Waals surface area contributed by atoms with Crippen LogP contribution in [0.2, 0.25) is 5.02 Å². The molecular formula is C17H18ClN5O2. The number of nitrogens with zero attached hydrogens (tertiary/aromatic N) is 3. The van der Waals surface area contributed by atoms with Gasteiger partial charge in [-0.2, -0.15) is 5.21 Å². The number of ether oxygens (including phenoxy) is 2. The van der Waals surface area contributed by atoms with Crippen molar-refractivity contribution in [3.8, 4) is 11.5 Å². The molecule has 2 aromatic carbocycles. The Hall–Kier alpha value is -2.80. The average Bonchev–Trinajstić information content (AvgIpc) is 3.14. The summed E-state index contributed by atoms with van der Waals surface area (Å²) in [5.74, 6) is 1.81. The molecule has 0 bridgehead atoms. The first-order valence-corrected chi connectivity index (χ1v) is 8.23. The van der Waals surface area contributed by atoms with Crippen molar-refractivity contribution in [1.29, 1.82) is 0 Å². The van der Waals surface area contributed by atoms with Crippen LogP contribution in [-0.4, -0.2) is 27.2 Å². The van der Waals surface area contributed by atoms with E-state index in [4.69, 9.17) is 21.1 Å². The van der Waals surface area contributed by atoms with Gasteiger partial charge in [0.15, 0.2) is 11.5 Å². The summed E-state index contributed by atoms with van der Waals surface area (Å²) < 4.78 is 11.7. The summed E-state index contributed by atoms with van der Waals surface area (Å²) in [6.07, 6.45) is 0. The van der Waals surface area contributed by atoms with Gasteiger partial charge in [-0.15, -0.1) is 5.10 Å². The zero-order valence-corrected chi connectivity index (χ0v) is 14.5. The lowest BCUT2D eigenvalue weighted by atomic mass is 10.1. The van der Waals surface area contributed by atoms with Crippen LogP contribution in [0.25, 0.3) is 0 Å². The van der Waals surface area contributed by atoms with E-state index < -0.39 is 0 Å². The van der Waals surface area contributed by atoms with Gasteiger partial charge < -0.3 is 14.8 Å². The van der Waals surface area contributed by atoms with Gasteiger partial charge >= 0.3 is 0 Å². The highest BCUT2D eigenvalue weighted by Crippen LogP contribution is 2.32. The molecule has 0 aliphatic rings. The molecule has 8 heteroatoms. The molecule has 2 N–H and O–H groups in total. The number of aromatic amines is 1. The lowest BCUT2D eigenvalue weighted by Crippen LogP contribution is -2.07. The van der Waals surface area contributed by atoms with Gasteiger partial charge in [-0.25, -0.2) is 0 Å². The van der Waals surface area contributed by atoms with Crippen LogP contribution < -0.4 is 14.8 Å². The SMILES string of the molecule is CCOc1cccc(CNc2nn[nH]n2)c1OCc1ccc(Cl)cc1. The predicted octanol–water partition coefficient (Wildman–Crippen LogP) is 3.44. The molecule has 1 aromatic heterocycles. The summed E-state index contributed by atoms with van der Waals surface area (Å²) in [6, 6.07) is 13.3. The number of aromatic nitrogens is 4. The van der Waals surface area contributed by atoms with Crippen molar-refractivity contribution in [3.63, 3.8) is 0 Å². The maximum atomic E-state index is 6.04. The molecule has 0 unspecified atom stereocenters. The fourth-order valence-corrected chi connectivity index (χ4v) is 2.41. The standard InChI is InChI=1S/C17H18ClN5O2/c1-2-24-15-5-3-4-13(10-19-17-20-22-23-21-17)16(15)25-11-12-6-8-14(18)9-7-12/h3-9H,2,10-11H2,1H3,(H2,19,20,21,22,23). The van der Waals surface area contributed by atoms with Gasteiger partial charge in [0.1, 0.15) is 6.61 Å². The number of H-pyrrole nitrogens is 1. The molecule has 3 rings (SSSR count). The van der Waals surface area contributed by atoms with Crippen molar-refractivity contribution >= 4 is 17.5 Å². The maximum Gasteiger partial charge on any atom is 0.263 e. The normalized spacial score (nSPS) is 10.5. The molecule has 0 fully saturated rings. The lowest BCUT2D eigenvalue weighted by Gasteiger charge is -2.16. The molecule has 0 spiro atoms. The van der Waals surface area contributed by atoms with Crippen molar-refractivity contribution in [2.45, 2.75) is 20.1 Å². The van der Waals surface area contributed by atoms with Crippen LogP contribution >= 0.6 is 11.6 Å². The van der Waals surface area contributed by atoms with Crippen LogP contribution in [0.4, 0.5) is 5.95 Å². The molecule has 0 aliphatic heterocycles. The molecule has 3 aromatic rings. The molecule has 1 heterocycles. The molecule has 0 saturated heterocycles. The number of anilines is 1. The van der Waals surface area contributed by atoms with E-state index in [1.54, 1.807) is 0 Å². The van der Waals surface area contributed by atoms with Crippen LogP contribution in [0.5, 0.6) is 11.5 Å². The molecule has 0 atom stereocenters. The first-order valence-electron chi connectivity index (χ1n) is 7.85. The van der Waals surface area contributed by atoms with Gasteiger partial charge in [-0.3, -0.25) is 0 Å². The Morgan fingerprint density at radius 3 is 2.68 bits per heavy atom. The Bertz CT molecular complexity index is 793. The maximum absolute atomic E-state index is 6.04.